The summed E-state index contributed by atoms with van der Waals surface area (Å²) in [6.45, 7) is 1.92. The molecule has 0 unspecified atom stereocenters. The molecule has 4 nitrogen and oxygen atoms in total. The van der Waals surface area contributed by atoms with Crippen molar-refractivity contribution in [2.24, 2.45) is 5.10 Å². The Labute approximate surface area is 111 Å². The number of benzene rings is 1. The third kappa shape index (κ3) is 2.54. The fourth-order valence-corrected chi connectivity index (χ4v) is 1.89. The minimum atomic E-state index is 0.573. The molecule has 2 aromatic rings. The number of hydrazone groups is 1. The lowest BCUT2D eigenvalue weighted by atomic mass is 10.3. The van der Waals surface area contributed by atoms with E-state index >= 15 is 0 Å². The monoisotopic (exact) mass is 262 g/mol. The van der Waals surface area contributed by atoms with Gasteiger partial charge in [0.05, 0.1) is 23.2 Å². The van der Waals surface area contributed by atoms with E-state index in [-0.39, 0.29) is 0 Å². The van der Waals surface area contributed by atoms with Crippen LogP contribution in [0.5, 0.6) is 0 Å². The number of hydrogen-bond acceptors (Lipinski definition) is 3. The van der Waals surface area contributed by atoms with E-state index in [1.165, 1.54) is 0 Å². The second-order valence-electron chi connectivity index (χ2n) is 4.13. The predicted molar refractivity (Wildman–Crippen MR) is 74.6 cm³/mol. The Morgan fingerprint density at radius 1 is 1.28 bits per heavy atom. The van der Waals surface area contributed by atoms with Crippen LogP contribution < -0.4 is 0 Å². The van der Waals surface area contributed by atoms with Gasteiger partial charge in [-0.05, 0) is 19.1 Å². The van der Waals surface area contributed by atoms with Crippen molar-refractivity contribution in [2.75, 3.05) is 14.1 Å². The maximum absolute atomic E-state index is 6.34. The Kier molecular flexibility index (Phi) is 3.67. The first kappa shape index (κ1) is 12.6. The molecule has 0 saturated heterocycles. The van der Waals surface area contributed by atoms with Crippen LogP contribution in [0.3, 0.4) is 0 Å². The number of aromatic nitrogens is 2. The van der Waals surface area contributed by atoms with Crippen molar-refractivity contribution in [3.63, 3.8) is 0 Å². The van der Waals surface area contributed by atoms with Crippen LogP contribution in [0.15, 0.2) is 35.4 Å². The number of hydrogen-bond donors (Lipinski definition) is 0. The van der Waals surface area contributed by atoms with Crippen molar-refractivity contribution in [3.8, 4) is 5.69 Å². The molecule has 94 valence electrons. The van der Waals surface area contributed by atoms with E-state index in [1.807, 2.05) is 51.4 Å². The fraction of sp³-hybridized carbons (Fsp3) is 0.231. The van der Waals surface area contributed by atoms with Crippen molar-refractivity contribution in [3.05, 3.63) is 46.7 Å². The van der Waals surface area contributed by atoms with Crippen LogP contribution in [0.4, 0.5) is 0 Å². The normalized spacial score (nSPS) is 11.1. The summed E-state index contributed by atoms with van der Waals surface area (Å²) in [4.78, 5) is 0. The van der Waals surface area contributed by atoms with Crippen LogP contribution in [0.25, 0.3) is 5.69 Å². The van der Waals surface area contributed by atoms with Gasteiger partial charge in [-0.3, -0.25) is 0 Å². The zero-order valence-electron chi connectivity index (χ0n) is 10.6. The highest BCUT2D eigenvalue weighted by molar-refractivity contribution is 6.32. The van der Waals surface area contributed by atoms with Crippen LogP contribution in [0.2, 0.25) is 5.15 Å². The molecule has 1 aromatic carbocycles. The van der Waals surface area contributed by atoms with Gasteiger partial charge in [0, 0.05) is 14.1 Å². The molecule has 5 heteroatoms. The molecule has 2 rings (SSSR count). The second kappa shape index (κ2) is 5.23. The maximum Gasteiger partial charge on any atom is 0.142 e. The molecule has 0 N–H and O–H groups in total. The Morgan fingerprint density at radius 3 is 2.56 bits per heavy atom. The summed E-state index contributed by atoms with van der Waals surface area (Å²) in [5.74, 6) is 0. The summed E-state index contributed by atoms with van der Waals surface area (Å²) in [7, 11) is 3.72. The van der Waals surface area contributed by atoms with Gasteiger partial charge in [-0.1, -0.05) is 29.8 Å². The zero-order chi connectivity index (χ0) is 13.1. The first-order valence-electron chi connectivity index (χ1n) is 5.61. The third-order valence-electron chi connectivity index (χ3n) is 2.47. The molecule has 1 heterocycles. The molecular formula is C13H15ClN4. The Morgan fingerprint density at radius 2 is 1.94 bits per heavy atom. The molecule has 1 aromatic heterocycles. The van der Waals surface area contributed by atoms with Crippen LogP contribution in [-0.2, 0) is 0 Å². The minimum absolute atomic E-state index is 0.573. The molecule has 0 aliphatic rings. The molecular weight excluding hydrogens is 248 g/mol. The van der Waals surface area contributed by atoms with Gasteiger partial charge in [0.1, 0.15) is 5.15 Å². The first-order valence-corrected chi connectivity index (χ1v) is 5.99. The molecule has 0 radical (unpaired) electrons. The summed E-state index contributed by atoms with van der Waals surface area (Å²) in [5, 5.41) is 10.9. The van der Waals surface area contributed by atoms with Gasteiger partial charge in [-0.15, -0.1) is 0 Å². The quantitative estimate of drug-likeness (QED) is 0.630. The molecule has 0 amide bonds. The number of rotatable bonds is 3. The standard InChI is InChI=1S/C13H15ClN4/c1-10-12(9-15-17(2)3)13(14)18(16-10)11-7-5-4-6-8-11/h4-9H,1-3H3/b15-9+. The molecule has 0 fully saturated rings. The number of nitrogens with zero attached hydrogens (tertiary/aromatic N) is 4. The van der Waals surface area contributed by atoms with Gasteiger partial charge in [-0.2, -0.15) is 10.2 Å². The molecule has 0 aliphatic carbocycles. The number of halogens is 1. The highest BCUT2D eigenvalue weighted by Gasteiger charge is 2.12. The van der Waals surface area contributed by atoms with Gasteiger partial charge in [0.25, 0.3) is 0 Å². The highest BCUT2D eigenvalue weighted by atomic mass is 35.5. The summed E-state index contributed by atoms with van der Waals surface area (Å²) < 4.78 is 1.72. The SMILES string of the molecule is Cc1nn(-c2ccccc2)c(Cl)c1/C=N/N(C)C. The van der Waals surface area contributed by atoms with E-state index in [0.717, 1.165) is 16.9 Å². The first-order chi connectivity index (χ1) is 8.59. The van der Waals surface area contributed by atoms with Crippen LogP contribution >= 0.6 is 11.6 Å². The number of para-hydroxylation sites is 1. The van der Waals surface area contributed by atoms with E-state index in [9.17, 15) is 0 Å². The van der Waals surface area contributed by atoms with Crippen molar-refractivity contribution in [1.29, 1.82) is 0 Å². The van der Waals surface area contributed by atoms with Crippen LogP contribution in [0, 0.1) is 6.92 Å². The smallest absolute Gasteiger partial charge is 0.142 e. The maximum atomic E-state index is 6.34. The number of aryl methyl sites for hydroxylation is 1. The summed E-state index contributed by atoms with van der Waals surface area (Å²) in [6.07, 6.45) is 1.73. The third-order valence-corrected chi connectivity index (χ3v) is 2.83. The Hall–Kier alpha value is -1.81. The summed E-state index contributed by atoms with van der Waals surface area (Å²) >= 11 is 6.34. The van der Waals surface area contributed by atoms with E-state index in [2.05, 4.69) is 10.2 Å². The second-order valence-corrected chi connectivity index (χ2v) is 4.49. The van der Waals surface area contributed by atoms with E-state index in [0.29, 0.717) is 5.15 Å². The lowest BCUT2D eigenvalue weighted by Crippen LogP contribution is -2.02. The summed E-state index contributed by atoms with van der Waals surface area (Å²) in [5.41, 5.74) is 2.64. The lowest BCUT2D eigenvalue weighted by Gasteiger charge is -2.03. The molecule has 0 atom stereocenters. The lowest BCUT2D eigenvalue weighted by molar-refractivity contribution is 0.440. The van der Waals surface area contributed by atoms with E-state index in [4.69, 9.17) is 11.6 Å². The van der Waals surface area contributed by atoms with Gasteiger partial charge in [-0.25, -0.2) is 4.68 Å². The largest absolute Gasteiger partial charge is 0.303 e. The van der Waals surface area contributed by atoms with Gasteiger partial charge in [0.15, 0.2) is 0 Å². The topological polar surface area (TPSA) is 33.4 Å². The van der Waals surface area contributed by atoms with Crippen molar-refractivity contribution in [2.45, 2.75) is 6.92 Å². The molecule has 0 aliphatic heterocycles. The Balaban J connectivity index is 2.44. The van der Waals surface area contributed by atoms with Crippen molar-refractivity contribution in [1.82, 2.24) is 14.8 Å². The van der Waals surface area contributed by atoms with Crippen molar-refractivity contribution >= 4 is 17.8 Å². The van der Waals surface area contributed by atoms with Crippen molar-refractivity contribution < 1.29 is 0 Å². The molecule has 0 spiro atoms. The Bertz CT molecular complexity index is 558. The average Bonchev–Trinajstić information content (AvgIpc) is 2.63. The zero-order valence-corrected chi connectivity index (χ0v) is 11.4. The van der Waals surface area contributed by atoms with Crippen LogP contribution in [-0.4, -0.2) is 35.1 Å². The fourth-order valence-electron chi connectivity index (χ4n) is 1.57. The summed E-state index contributed by atoms with van der Waals surface area (Å²) in [6, 6.07) is 9.80. The van der Waals surface area contributed by atoms with E-state index < -0.39 is 0 Å². The predicted octanol–water partition coefficient (Wildman–Crippen LogP) is 2.73. The molecule has 0 bridgehead atoms. The van der Waals surface area contributed by atoms with Gasteiger partial charge < -0.3 is 5.01 Å². The van der Waals surface area contributed by atoms with Gasteiger partial charge >= 0.3 is 0 Å². The van der Waals surface area contributed by atoms with Gasteiger partial charge in [0.2, 0.25) is 0 Å². The molecule has 18 heavy (non-hydrogen) atoms. The van der Waals surface area contributed by atoms with E-state index in [1.54, 1.807) is 15.9 Å². The highest BCUT2D eigenvalue weighted by Crippen LogP contribution is 2.21. The average molecular weight is 263 g/mol. The minimum Gasteiger partial charge on any atom is -0.303 e. The van der Waals surface area contributed by atoms with Crippen LogP contribution in [0.1, 0.15) is 11.3 Å². The molecule has 0 saturated carbocycles.